The molecule has 94 valence electrons. The summed E-state index contributed by atoms with van der Waals surface area (Å²) in [5.74, 6) is -0.306. The third kappa shape index (κ3) is 2.63. The molecule has 2 aliphatic rings. The van der Waals surface area contributed by atoms with Gasteiger partial charge >= 0.3 is 0 Å². The molecule has 2 amide bonds. The molecule has 1 heterocycles. The first kappa shape index (κ1) is 12.0. The first-order chi connectivity index (χ1) is 8.06. The van der Waals surface area contributed by atoms with Crippen molar-refractivity contribution in [3.8, 4) is 0 Å². The van der Waals surface area contributed by atoms with Crippen LogP contribution in [-0.2, 0) is 9.59 Å². The van der Waals surface area contributed by atoms with Crippen LogP contribution in [0.2, 0.25) is 0 Å². The summed E-state index contributed by atoms with van der Waals surface area (Å²) in [6.45, 7) is 0.594. The number of hydrogen-bond acceptors (Lipinski definition) is 4. The van der Waals surface area contributed by atoms with Crippen molar-refractivity contribution in [3.63, 3.8) is 0 Å². The highest BCUT2D eigenvalue weighted by molar-refractivity contribution is 6.39. The predicted molar refractivity (Wildman–Crippen MR) is 61.2 cm³/mol. The Morgan fingerprint density at radius 2 is 2.24 bits per heavy atom. The Bertz CT molecular complexity index is 374. The van der Waals surface area contributed by atoms with Crippen molar-refractivity contribution < 1.29 is 14.7 Å². The Kier molecular flexibility index (Phi) is 3.15. The standard InChI is InChI=1S/C11H17N3O3/c1-14-9(16)3-2-8(13-14)10(17)12-6-11(7-15)4-5-11/h15H,2-7H2,1H3,(H,12,17). The van der Waals surface area contributed by atoms with Crippen LogP contribution in [0.4, 0.5) is 0 Å². The first-order valence-electron chi connectivity index (χ1n) is 5.79. The first-order valence-corrected chi connectivity index (χ1v) is 5.79. The summed E-state index contributed by atoms with van der Waals surface area (Å²) in [5.41, 5.74) is 0.285. The molecule has 0 aromatic heterocycles. The van der Waals surface area contributed by atoms with Crippen LogP contribution in [0.15, 0.2) is 5.10 Å². The van der Waals surface area contributed by atoms with Crippen molar-refractivity contribution in [2.24, 2.45) is 10.5 Å². The van der Waals surface area contributed by atoms with Crippen LogP contribution >= 0.6 is 0 Å². The minimum Gasteiger partial charge on any atom is -0.396 e. The number of hydrogen-bond donors (Lipinski definition) is 2. The van der Waals surface area contributed by atoms with E-state index in [1.165, 1.54) is 5.01 Å². The normalized spacial score (nSPS) is 22.1. The molecule has 0 atom stereocenters. The van der Waals surface area contributed by atoms with E-state index < -0.39 is 0 Å². The van der Waals surface area contributed by atoms with E-state index in [2.05, 4.69) is 10.4 Å². The third-order valence-electron chi connectivity index (χ3n) is 3.39. The van der Waals surface area contributed by atoms with E-state index >= 15 is 0 Å². The monoisotopic (exact) mass is 239 g/mol. The van der Waals surface area contributed by atoms with E-state index in [4.69, 9.17) is 5.11 Å². The molecule has 1 aliphatic heterocycles. The molecule has 0 radical (unpaired) electrons. The van der Waals surface area contributed by atoms with Gasteiger partial charge in [0, 0.05) is 31.8 Å². The summed E-state index contributed by atoms with van der Waals surface area (Å²) in [5, 5.41) is 17.0. The summed E-state index contributed by atoms with van der Waals surface area (Å²) >= 11 is 0. The summed E-state index contributed by atoms with van der Waals surface area (Å²) in [6, 6.07) is 0. The topological polar surface area (TPSA) is 82.0 Å². The van der Waals surface area contributed by atoms with Gasteiger partial charge in [-0.25, -0.2) is 5.01 Å². The van der Waals surface area contributed by atoms with Gasteiger partial charge in [0.25, 0.3) is 5.91 Å². The molecule has 2 N–H and O–H groups in total. The number of hydrazone groups is 1. The average Bonchev–Trinajstić information content (AvgIpc) is 3.10. The molecule has 0 unspecified atom stereocenters. The maximum Gasteiger partial charge on any atom is 0.267 e. The second kappa shape index (κ2) is 4.44. The molecule has 17 heavy (non-hydrogen) atoms. The van der Waals surface area contributed by atoms with Crippen molar-refractivity contribution in [1.29, 1.82) is 0 Å². The van der Waals surface area contributed by atoms with Crippen molar-refractivity contribution in [2.45, 2.75) is 25.7 Å². The van der Waals surface area contributed by atoms with Crippen LogP contribution < -0.4 is 5.32 Å². The van der Waals surface area contributed by atoms with Crippen molar-refractivity contribution in [1.82, 2.24) is 10.3 Å². The molecule has 1 saturated carbocycles. The van der Waals surface area contributed by atoms with Gasteiger partial charge in [-0.15, -0.1) is 0 Å². The quantitative estimate of drug-likeness (QED) is 0.692. The molecule has 1 aliphatic carbocycles. The summed E-state index contributed by atoms with van der Waals surface area (Å²) in [6.07, 6.45) is 2.62. The zero-order valence-corrected chi connectivity index (χ0v) is 9.90. The lowest BCUT2D eigenvalue weighted by atomic mass is 10.1. The van der Waals surface area contributed by atoms with E-state index in [1.54, 1.807) is 7.05 Å². The summed E-state index contributed by atoms with van der Waals surface area (Å²) in [7, 11) is 1.55. The van der Waals surface area contributed by atoms with E-state index in [9.17, 15) is 9.59 Å². The molecule has 6 heteroatoms. The average molecular weight is 239 g/mol. The van der Waals surface area contributed by atoms with Crippen LogP contribution in [0.5, 0.6) is 0 Å². The minimum absolute atomic E-state index is 0.0735. The van der Waals surface area contributed by atoms with Gasteiger partial charge in [0.1, 0.15) is 5.71 Å². The Morgan fingerprint density at radius 3 is 2.76 bits per heavy atom. The van der Waals surface area contributed by atoms with Crippen LogP contribution in [0.1, 0.15) is 25.7 Å². The highest BCUT2D eigenvalue weighted by Crippen LogP contribution is 2.44. The summed E-state index contributed by atoms with van der Waals surface area (Å²) in [4.78, 5) is 23.0. The maximum atomic E-state index is 11.8. The number of nitrogens with one attached hydrogen (secondary N) is 1. The highest BCUT2D eigenvalue weighted by Gasteiger charge is 2.42. The van der Waals surface area contributed by atoms with E-state index in [0.717, 1.165) is 12.8 Å². The fraction of sp³-hybridized carbons (Fsp3) is 0.727. The molecular weight excluding hydrogens is 222 g/mol. The third-order valence-corrected chi connectivity index (χ3v) is 3.39. The minimum atomic E-state index is -0.232. The molecule has 0 aromatic carbocycles. The van der Waals surface area contributed by atoms with Crippen molar-refractivity contribution in [3.05, 3.63) is 0 Å². The number of aliphatic hydroxyl groups excluding tert-OH is 1. The molecule has 2 rings (SSSR count). The lowest BCUT2D eigenvalue weighted by Gasteiger charge is -2.19. The van der Waals surface area contributed by atoms with Crippen molar-refractivity contribution in [2.75, 3.05) is 20.2 Å². The molecule has 0 saturated heterocycles. The molecule has 0 aromatic rings. The van der Waals surface area contributed by atoms with Gasteiger partial charge in [0.15, 0.2) is 0 Å². The number of carbonyl (C=O) groups is 2. The maximum absolute atomic E-state index is 11.8. The number of carbonyl (C=O) groups excluding carboxylic acids is 2. The van der Waals surface area contributed by atoms with Gasteiger partial charge in [-0.3, -0.25) is 9.59 Å². The zero-order chi connectivity index (χ0) is 12.5. The molecular formula is C11H17N3O3. The second-order valence-electron chi connectivity index (χ2n) is 4.80. The number of aliphatic hydroxyl groups is 1. The van der Waals surface area contributed by atoms with Gasteiger partial charge in [0.05, 0.1) is 6.61 Å². The lowest BCUT2D eigenvalue weighted by molar-refractivity contribution is -0.130. The van der Waals surface area contributed by atoms with Crippen molar-refractivity contribution >= 4 is 17.5 Å². The number of rotatable bonds is 4. The smallest absolute Gasteiger partial charge is 0.267 e. The second-order valence-corrected chi connectivity index (χ2v) is 4.80. The van der Waals surface area contributed by atoms with Gasteiger partial charge in [0.2, 0.25) is 5.91 Å². The van der Waals surface area contributed by atoms with Gasteiger partial charge in [-0.05, 0) is 12.8 Å². The van der Waals surface area contributed by atoms with Crippen LogP contribution in [-0.4, -0.2) is 47.8 Å². The largest absolute Gasteiger partial charge is 0.396 e. The Morgan fingerprint density at radius 1 is 1.53 bits per heavy atom. The summed E-state index contributed by atoms with van der Waals surface area (Å²) < 4.78 is 0. The zero-order valence-electron chi connectivity index (χ0n) is 9.90. The molecule has 6 nitrogen and oxygen atoms in total. The number of nitrogens with zero attached hydrogens (tertiary/aromatic N) is 2. The Balaban J connectivity index is 1.88. The Hall–Kier alpha value is -1.43. The van der Waals surface area contributed by atoms with Crippen LogP contribution in [0, 0.1) is 5.41 Å². The lowest BCUT2D eigenvalue weighted by Crippen LogP contribution is -2.40. The molecule has 0 bridgehead atoms. The fourth-order valence-corrected chi connectivity index (χ4v) is 1.77. The highest BCUT2D eigenvalue weighted by atomic mass is 16.3. The van der Waals surface area contributed by atoms with Gasteiger partial charge in [-0.1, -0.05) is 0 Å². The van der Waals surface area contributed by atoms with E-state index in [-0.39, 0.29) is 23.8 Å². The van der Waals surface area contributed by atoms with E-state index in [1.807, 2.05) is 0 Å². The van der Waals surface area contributed by atoms with Crippen LogP contribution in [0.25, 0.3) is 0 Å². The number of amides is 2. The Labute approximate surface area is 99.7 Å². The SMILES string of the molecule is CN1N=C(C(=O)NCC2(CO)CC2)CCC1=O. The van der Waals surface area contributed by atoms with Gasteiger partial charge in [-0.2, -0.15) is 5.10 Å². The molecule has 1 fully saturated rings. The molecule has 0 spiro atoms. The van der Waals surface area contributed by atoms with Gasteiger partial charge < -0.3 is 10.4 Å². The van der Waals surface area contributed by atoms with E-state index in [0.29, 0.717) is 25.1 Å². The predicted octanol–water partition coefficient (Wildman–Crippen LogP) is -0.517. The van der Waals surface area contributed by atoms with Crippen LogP contribution in [0.3, 0.4) is 0 Å². The fourth-order valence-electron chi connectivity index (χ4n) is 1.77.